The molecule has 2 saturated heterocycles. The number of piperazine rings is 1. The number of rotatable bonds is 10. The Morgan fingerprint density at radius 1 is 0.977 bits per heavy atom. The van der Waals surface area contributed by atoms with Crippen LogP contribution in [0, 0.1) is 5.92 Å². The standard InChI is InChI=1S/C34H45N3O6.ClH/c1-2-3-20-37-31(39)29(30(38)25-8-6-4-5-7-9-25)35-33(42)34(37)18-21-36(22-19-34)23-24-10-14-27(15-11-24)43-28-16-12-26(13-17-28)32(40)41;/h10-17,25,29-30,38H,2-9,18-23H2,1H3,(H,35,42)(H,40,41);1H/t29-,30-;/m1./s1. The van der Waals surface area contributed by atoms with Crippen LogP contribution in [0.15, 0.2) is 48.5 Å². The Kier molecular flexibility index (Phi) is 11.7. The van der Waals surface area contributed by atoms with Gasteiger partial charge in [0.1, 0.15) is 23.1 Å². The first kappa shape index (κ1) is 33.7. The van der Waals surface area contributed by atoms with E-state index >= 15 is 0 Å². The minimum atomic E-state index is -0.975. The number of carboxylic acids is 1. The molecule has 1 spiro atoms. The minimum Gasteiger partial charge on any atom is -0.478 e. The van der Waals surface area contributed by atoms with Gasteiger partial charge in [0, 0.05) is 26.2 Å². The van der Waals surface area contributed by atoms with E-state index in [1.165, 1.54) is 25.0 Å². The van der Waals surface area contributed by atoms with E-state index in [9.17, 15) is 19.5 Å². The van der Waals surface area contributed by atoms with E-state index in [4.69, 9.17) is 9.84 Å². The van der Waals surface area contributed by atoms with Crippen LogP contribution in [0.1, 0.15) is 87.1 Å². The molecule has 3 aliphatic rings. The largest absolute Gasteiger partial charge is 0.478 e. The number of amides is 2. The fourth-order valence-electron chi connectivity index (χ4n) is 6.94. The summed E-state index contributed by atoms with van der Waals surface area (Å²) >= 11 is 0. The molecule has 5 rings (SSSR count). The molecule has 9 nitrogen and oxygen atoms in total. The fraction of sp³-hybridized carbons (Fsp3) is 0.559. The van der Waals surface area contributed by atoms with Crippen molar-refractivity contribution in [3.63, 3.8) is 0 Å². The van der Waals surface area contributed by atoms with Gasteiger partial charge < -0.3 is 25.2 Å². The Hall–Kier alpha value is -3.14. The number of likely N-dealkylation sites (tertiary alicyclic amines) is 1. The van der Waals surface area contributed by atoms with E-state index < -0.39 is 23.7 Å². The van der Waals surface area contributed by atoms with Crippen molar-refractivity contribution in [1.29, 1.82) is 0 Å². The highest BCUT2D eigenvalue weighted by atomic mass is 35.5. The third kappa shape index (κ3) is 7.56. The van der Waals surface area contributed by atoms with Crippen LogP contribution in [0.2, 0.25) is 0 Å². The van der Waals surface area contributed by atoms with Gasteiger partial charge in [-0.2, -0.15) is 0 Å². The highest BCUT2D eigenvalue weighted by Gasteiger charge is 2.55. The average Bonchev–Trinajstić information content (AvgIpc) is 3.31. The van der Waals surface area contributed by atoms with Crippen molar-refractivity contribution in [2.45, 2.75) is 95.4 Å². The lowest BCUT2D eigenvalue weighted by molar-refractivity contribution is -0.165. The van der Waals surface area contributed by atoms with E-state index in [2.05, 4.69) is 17.1 Å². The van der Waals surface area contributed by atoms with E-state index in [1.54, 1.807) is 12.1 Å². The van der Waals surface area contributed by atoms with Crippen molar-refractivity contribution >= 4 is 30.2 Å². The summed E-state index contributed by atoms with van der Waals surface area (Å²) in [4.78, 5) is 42.9. The number of hydrogen-bond donors (Lipinski definition) is 3. The lowest BCUT2D eigenvalue weighted by atomic mass is 9.79. The molecular weight excluding hydrogens is 582 g/mol. The number of piperidine rings is 1. The van der Waals surface area contributed by atoms with Gasteiger partial charge in [0.05, 0.1) is 11.7 Å². The molecule has 1 saturated carbocycles. The van der Waals surface area contributed by atoms with Crippen LogP contribution in [0.5, 0.6) is 11.5 Å². The second kappa shape index (κ2) is 15.2. The number of aromatic carboxylic acids is 1. The van der Waals surface area contributed by atoms with Gasteiger partial charge in [-0.3, -0.25) is 14.5 Å². The summed E-state index contributed by atoms with van der Waals surface area (Å²) in [7, 11) is 0. The van der Waals surface area contributed by atoms with Crippen LogP contribution in [0.25, 0.3) is 0 Å². The van der Waals surface area contributed by atoms with Gasteiger partial charge in [0.25, 0.3) is 0 Å². The summed E-state index contributed by atoms with van der Waals surface area (Å²) < 4.78 is 5.86. The first-order valence-electron chi connectivity index (χ1n) is 15.9. The summed E-state index contributed by atoms with van der Waals surface area (Å²) in [6.07, 6.45) is 8.31. The average molecular weight is 628 g/mol. The molecular formula is C34H46ClN3O6. The molecule has 2 aliphatic heterocycles. The molecule has 0 radical (unpaired) electrons. The molecule has 3 fully saturated rings. The molecule has 2 amide bonds. The molecule has 0 unspecified atom stereocenters. The normalized spacial score (nSPS) is 21.7. The lowest BCUT2D eigenvalue weighted by Crippen LogP contribution is -2.75. The highest BCUT2D eigenvalue weighted by Crippen LogP contribution is 2.36. The van der Waals surface area contributed by atoms with Crippen molar-refractivity contribution in [1.82, 2.24) is 15.1 Å². The molecule has 44 heavy (non-hydrogen) atoms. The zero-order valence-corrected chi connectivity index (χ0v) is 26.4. The molecule has 10 heteroatoms. The van der Waals surface area contributed by atoms with Crippen molar-refractivity contribution < 1.29 is 29.3 Å². The number of nitrogens with zero attached hydrogens (tertiary/aromatic N) is 2. The quantitative estimate of drug-likeness (QED) is 0.302. The number of aliphatic hydroxyl groups excluding tert-OH is 1. The van der Waals surface area contributed by atoms with Gasteiger partial charge >= 0.3 is 5.97 Å². The SMILES string of the molecule is CCCCN1C(=O)[C@@H]([C@H](O)C2CCCCCC2)NC(=O)C12CCN(Cc1ccc(Oc3ccc(C(=O)O)cc3)cc1)CC2.Cl. The van der Waals surface area contributed by atoms with Gasteiger partial charge in [-0.1, -0.05) is 51.2 Å². The van der Waals surface area contributed by atoms with Crippen LogP contribution >= 0.6 is 12.4 Å². The minimum absolute atomic E-state index is 0. The van der Waals surface area contributed by atoms with Crippen LogP contribution in [0.4, 0.5) is 0 Å². The van der Waals surface area contributed by atoms with Gasteiger partial charge in [0.2, 0.25) is 11.8 Å². The van der Waals surface area contributed by atoms with E-state index in [-0.39, 0.29) is 35.7 Å². The number of carbonyl (C=O) groups is 3. The van der Waals surface area contributed by atoms with Crippen molar-refractivity contribution in [2.24, 2.45) is 5.92 Å². The second-order valence-corrected chi connectivity index (χ2v) is 12.4. The maximum absolute atomic E-state index is 13.9. The van der Waals surface area contributed by atoms with Crippen LogP contribution < -0.4 is 10.1 Å². The summed E-state index contributed by atoms with van der Waals surface area (Å²) in [5.74, 6) is 0.0710. The molecule has 2 atom stereocenters. The number of nitrogens with one attached hydrogen (secondary N) is 1. The van der Waals surface area contributed by atoms with Gasteiger partial charge in [0.15, 0.2) is 0 Å². The monoisotopic (exact) mass is 627 g/mol. The first-order valence-corrected chi connectivity index (χ1v) is 15.9. The Labute approximate surface area is 266 Å². The molecule has 2 aromatic carbocycles. The predicted molar refractivity (Wildman–Crippen MR) is 170 cm³/mol. The fourth-order valence-corrected chi connectivity index (χ4v) is 6.94. The lowest BCUT2D eigenvalue weighted by Gasteiger charge is -2.52. The number of halogens is 1. The third-order valence-corrected chi connectivity index (χ3v) is 9.57. The molecule has 2 aromatic rings. The van der Waals surface area contributed by atoms with E-state index in [0.29, 0.717) is 44.0 Å². The summed E-state index contributed by atoms with van der Waals surface area (Å²) in [5, 5.41) is 23.4. The van der Waals surface area contributed by atoms with Crippen molar-refractivity contribution in [2.75, 3.05) is 19.6 Å². The van der Waals surface area contributed by atoms with Crippen LogP contribution in [-0.4, -0.2) is 75.1 Å². The number of hydrogen-bond acceptors (Lipinski definition) is 6. The summed E-state index contributed by atoms with van der Waals surface area (Å²) in [6, 6.07) is 13.2. The van der Waals surface area contributed by atoms with Crippen molar-refractivity contribution in [3.8, 4) is 11.5 Å². The molecule has 1 aliphatic carbocycles. The number of aliphatic hydroxyl groups is 1. The van der Waals surface area contributed by atoms with Crippen LogP contribution in [-0.2, 0) is 16.1 Å². The Morgan fingerprint density at radius 3 is 2.14 bits per heavy atom. The van der Waals surface area contributed by atoms with Crippen LogP contribution in [0.3, 0.4) is 0 Å². The highest BCUT2D eigenvalue weighted by molar-refractivity contribution is 6.00. The summed E-state index contributed by atoms with van der Waals surface area (Å²) in [5.41, 5.74) is 0.459. The number of carboxylic acid groups (broad SMARTS) is 1. The zero-order valence-electron chi connectivity index (χ0n) is 25.6. The second-order valence-electron chi connectivity index (χ2n) is 12.4. The maximum atomic E-state index is 13.9. The van der Waals surface area contributed by atoms with Gasteiger partial charge in [-0.05, 0) is 80.0 Å². The topological polar surface area (TPSA) is 119 Å². The Bertz CT molecular complexity index is 1250. The number of unbranched alkanes of at least 4 members (excludes halogenated alkanes) is 1. The van der Waals surface area contributed by atoms with Gasteiger partial charge in [-0.25, -0.2) is 4.79 Å². The molecule has 0 aromatic heterocycles. The number of benzene rings is 2. The Balaban J connectivity index is 0.00000442. The first-order chi connectivity index (χ1) is 20.8. The van der Waals surface area contributed by atoms with Gasteiger partial charge in [-0.15, -0.1) is 12.4 Å². The van der Waals surface area contributed by atoms with E-state index in [1.807, 2.05) is 29.2 Å². The molecule has 240 valence electrons. The zero-order chi connectivity index (χ0) is 30.4. The number of carbonyl (C=O) groups excluding carboxylic acids is 2. The van der Waals surface area contributed by atoms with Crippen molar-refractivity contribution in [3.05, 3.63) is 59.7 Å². The molecule has 3 N–H and O–H groups in total. The third-order valence-electron chi connectivity index (χ3n) is 9.57. The number of ether oxygens (including phenoxy) is 1. The van der Waals surface area contributed by atoms with E-state index in [0.717, 1.165) is 50.6 Å². The Morgan fingerprint density at radius 2 is 1.57 bits per heavy atom. The predicted octanol–water partition coefficient (Wildman–Crippen LogP) is 5.39. The smallest absolute Gasteiger partial charge is 0.335 e. The summed E-state index contributed by atoms with van der Waals surface area (Å²) in [6.45, 7) is 4.72. The molecule has 0 bridgehead atoms. The maximum Gasteiger partial charge on any atom is 0.335 e. The molecule has 2 heterocycles.